The first-order valence-corrected chi connectivity index (χ1v) is 10.3. The lowest BCUT2D eigenvalue weighted by atomic mass is 10.2. The standard InChI is InChI=1S/C24H27N3O5/c1-3-13-25-24(29)22-14-19(26-32-16-18-9-11-20(30-2)12-10-18)15-27(22)23(28)17-31-21-7-5-4-6-8-21/h3-12,22H,1,13-17H2,2H3,(H,25,29)/b26-19+/t22-/m0/s1. The maximum absolute atomic E-state index is 12.8. The number of methoxy groups -OCH3 is 1. The lowest BCUT2D eigenvalue weighted by molar-refractivity contribution is -0.139. The van der Waals surface area contributed by atoms with E-state index in [1.807, 2.05) is 42.5 Å². The van der Waals surface area contributed by atoms with Crippen LogP contribution in [0.15, 0.2) is 72.4 Å². The first kappa shape index (κ1) is 22.9. The van der Waals surface area contributed by atoms with E-state index in [0.29, 0.717) is 24.4 Å². The summed E-state index contributed by atoms with van der Waals surface area (Å²) < 4.78 is 10.7. The lowest BCUT2D eigenvalue weighted by Crippen LogP contribution is -2.47. The molecule has 0 radical (unpaired) electrons. The summed E-state index contributed by atoms with van der Waals surface area (Å²) in [6.07, 6.45) is 1.88. The van der Waals surface area contributed by atoms with Crippen molar-refractivity contribution in [1.29, 1.82) is 0 Å². The highest BCUT2D eigenvalue weighted by atomic mass is 16.6. The molecule has 1 atom stereocenters. The Morgan fingerprint density at radius 2 is 1.91 bits per heavy atom. The Bertz CT molecular complexity index is 944. The number of para-hydroxylation sites is 1. The van der Waals surface area contributed by atoms with Crippen LogP contribution < -0.4 is 14.8 Å². The summed E-state index contributed by atoms with van der Waals surface area (Å²) in [6, 6.07) is 15.8. The number of likely N-dealkylation sites (tertiary alicyclic amines) is 1. The van der Waals surface area contributed by atoms with Gasteiger partial charge in [0, 0.05) is 13.0 Å². The number of hydrogen-bond acceptors (Lipinski definition) is 6. The summed E-state index contributed by atoms with van der Waals surface area (Å²) in [4.78, 5) is 32.3. The molecule has 2 amide bonds. The molecule has 168 valence electrons. The van der Waals surface area contributed by atoms with Crippen molar-refractivity contribution in [3.8, 4) is 11.5 Å². The van der Waals surface area contributed by atoms with Crippen LogP contribution in [0.4, 0.5) is 0 Å². The summed E-state index contributed by atoms with van der Waals surface area (Å²) in [6.45, 7) is 4.22. The molecule has 0 bridgehead atoms. The van der Waals surface area contributed by atoms with E-state index in [9.17, 15) is 9.59 Å². The summed E-state index contributed by atoms with van der Waals surface area (Å²) >= 11 is 0. The molecule has 2 aromatic carbocycles. The Morgan fingerprint density at radius 3 is 2.59 bits per heavy atom. The molecule has 1 fully saturated rings. The predicted molar refractivity (Wildman–Crippen MR) is 120 cm³/mol. The highest BCUT2D eigenvalue weighted by Gasteiger charge is 2.38. The fourth-order valence-electron chi connectivity index (χ4n) is 3.22. The van der Waals surface area contributed by atoms with Gasteiger partial charge in [-0.25, -0.2) is 0 Å². The monoisotopic (exact) mass is 437 g/mol. The molecule has 0 saturated carbocycles. The number of carbonyl (C=O) groups is 2. The lowest BCUT2D eigenvalue weighted by Gasteiger charge is -2.23. The quantitative estimate of drug-likeness (QED) is 0.456. The number of ether oxygens (including phenoxy) is 2. The van der Waals surface area contributed by atoms with Crippen molar-refractivity contribution in [3.05, 3.63) is 72.8 Å². The van der Waals surface area contributed by atoms with Gasteiger partial charge in [0.1, 0.15) is 24.1 Å². The van der Waals surface area contributed by atoms with Crippen LogP contribution in [-0.2, 0) is 21.0 Å². The van der Waals surface area contributed by atoms with Gasteiger partial charge >= 0.3 is 0 Å². The van der Waals surface area contributed by atoms with Crippen molar-refractivity contribution < 1.29 is 23.9 Å². The van der Waals surface area contributed by atoms with Crippen LogP contribution >= 0.6 is 0 Å². The fourth-order valence-corrected chi connectivity index (χ4v) is 3.22. The normalized spacial score (nSPS) is 16.5. The van der Waals surface area contributed by atoms with Crippen molar-refractivity contribution in [2.24, 2.45) is 5.16 Å². The molecule has 2 aromatic rings. The highest BCUT2D eigenvalue weighted by Crippen LogP contribution is 2.18. The first-order valence-electron chi connectivity index (χ1n) is 10.3. The van der Waals surface area contributed by atoms with Crippen molar-refractivity contribution in [3.63, 3.8) is 0 Å². The van der Waals surface area contributed by atoms with Crippen LogP contribution in [0.25, 0.3) is 0 Å². The highest BCUT2D eigenvalue weighted by molar-refractivity contribution is 6.01. The van der Waals surface area contributed by atoms with Gasteiger partial charge in [-0.15, -0.1) is 6.58 Å². The fraction of sp³-hybridized carbons (Fsp3) is 0.292. The molecule has 0 spiro atoms. The second-order valence-corrected chi connectivity index (χ2v) is 7.16. The van der Waals surface area contributed by atoms with Gasteiger partial charge in [-0.1, -0.05) is 41.6 Å². The Labute approximate surface area is 187 Å². The SMILES string of the molecule is C=CCNC(=O)[C@@H]1C/C(=N\OCc2ccc(OC)cc2)CN1C(=O)COc1ccccc1. The maximum atomic E-state index is 12.8. The van der Waals surface area contributed by atoms with Gasteiger partial charge in [0.05, 0.1) is 19.4 Å². The van der Waals surface area contributed by atoms with Crippen molar-refractivity contribution in [2.45, 2.75) is 19.1 Å². The number of rotatable bonds is 10. The predicted octanol–water partition coefficient (Wildman–Crippen LogP) is 2.55. The number of carbonyl (C=O) groups excluding carboxylic acids is 2. The average Bonchev–Trinajstić information content (AvgIpc) is 3.26. The number of nitrogens with zero attached hydrogens (tertiary/aromatic N) is 2. The van der Waals surface area contributed by atoms with Gasteiger partial charge in [-0.2, -0.15) is 0 Å². The van der Waals surface area contributed by atoms with Crippen molar-refractivity contribution in [1.82, 2.24) is 10.2 Å². The maximum Gasteiger partial charge on any atom is 0.261 e. The van der Waals surface area contributed by atoms with Crippen LogP contribution in [0.3, 0.4) is 0 Å². The first-order chi connectivity index (χ1) is 15.6. The summed E-state index contributed by atoms with van der Waals surface area (Å²) in [5.41, 5.74) is 1.54. The smallest absolute Gasteiger partial charge is 0.261 e. The van der Waals surface area contributed by atoms with E-state index in [4.69, 9.17) is 14.3 Å². The van der Waals surface area contributed by atoms with Gasteiger partial charge < -0.3 is 24.5 Å². The minimum atomic E-state index is -0.676. The van der Waals surface area contributed by atoms with E-state index < -0.39 is 6.04 Å². The molecular formula is C24H27N3O5. The molecule has 1 N–H and O–H groups in total. The molecule has 8 heteroatoms. The number of amides is 2. The third kappa shape index (κ3) is 6.34. The Balaban J connectivity index is 1.62. The minimum absolute atomic E-state index is 0.171. The van der Waals surface area contributed by atoms with Crippen LogP contribution in [-0.4, -0.2) is 55.3 Å². The zero-order chi connectivity index (χ0) is 22.8. The molecule has 1 aliphatic heterocycles. The van der Waals surface area contributed by atoms with Gasteiger partial charge in [0.2, 0.25) is 5.91 Å². The number of benzene rings is 2. The largest absolute Gasteiger partial charge is 0.497 e. The third-order valence-electron chi connectivity index (χ3n) is 4.89. The topological polar surface area (TPSA) is 89.5 Å². The zero-order valence-electron chi connectivity index (χ0n) is 18.0. The Morgan fingerprint density at radius 1 is 1.16 bits per heavy atom. The molecule has 3 rings (SSSR count). The van der Waals surface area contributed by atoms with Crippen molar-refractivity contribution in [2.75, 3.05) is 26.8 Å². The van der Waals surface area contributed by atoms with E-state index in [1.165, 1.54) is 4.90 Å². The molecule has 1 aliphatic rings. The summed E-state index contributed by atoms with van der Waals surface area (Å²) in [7, 11) is 1.61. The van der Waals surface area contributed by atoms with Gasteiger partial charge in [-0.05, 0) is 29.8 Å². The summed E-state index contributed by atoms with van der Waals surface area (Å²) in [5.74, 6) is 0.784. The summed E-state index contributed by atoms with van der Waals surface area (Å²) in [5, 5.41) is 6.92. The molecule has 1 saturated heterocycles. The number of hydrogen-bond donors (Lipinski definition) is 1. The van der Waals surface area contributed by atoms with E-state index >= 15 is 0 Å². The van der Waals surface area contributed by atoms with E-state index in [2.05, 4.69) is 17.1 Å². The average molecular weight is 437 g/mol. The van der Waals surface area contributed by atoms with Crippen LogP contribution in [0.5, 0.6) is 11.5 Å². The molecule has 32 heavy (non-hydrogen) atoms. The van der Waals surface area contributed by atoms with Crippen LogP contribution in [0, 0.1) is 0 Å². The Kier molecular flexibility index (Phi) is 8.25. The second-order valence-electron chi connectivity index (χ2n) is 7.16. The molecule has 0 aliphatic carbocycles. The van der Waals surface area contributed by atoms with Crippen LogP contribution in [0.2, 0.25) is 0 Å². The number of oxime groups is 1. The molecule has 1 heterocycles. The minimum Gasteiger partial charge on any atom is -0.497 e. The molecular weight excluding hydrogens is 410 g/mol. The van der Waals surface area contributed by atoms with Crippen LogP contribution in [0.1, 0.15) is 12.0 Å². The van der Waals surface area contributed by atoms with Gasteiger partial charge in [0.25, 0.3) is 5.91 Å². The second kappa shape index (κ2) is 11.5. The molecule has 8 nitrogen and oxygen atoms in total. The number of nitrogens with one attached hydrogen (secondary N) is 1. The van der Waals surface area contributed by atoms with E-state index in [1.54, 1.807) is 25.3 Å². The zero-order valence-corrected chi connectivity index (χ0v) is 18.0. The van der Waals surface area contributed by atoms with E-state index in [-0.39, 0.29) is 31.6 Å². The van der Waals surface area contributed by atoms with E-state index in [0.717, 1.165) is 11.3 Å². The molecule has 0 unspecified atom stereocenters. The Hall–Kier alpha value is -3.81. The molecule has 0 aromatic heterocycles. The third-order valence-corrected chi connectivity index (χ3v) is 4.89. The van der Waals surface area contributed by atoms with Gasteiger partial charge in [0.15, 0.2) is 6.61 Å². The van der Waals surface area contributed by atoms with Crippen molar-refractivity contribution >= 4 is 17.5 Å². The van der Waals surface area contributed by atoms with Gasteiger partial charge in [-0.3, -0.25) is 9.59 Å².